The van der Waals surface area contributed by atoms with Crippen molar-refractivity contribution in [3.8, 4) is 0 Å². The number of likely N-dealkylation sites (tertiary alicyclic amines) is 1. The standard InChI is InChI=1S/C16H17ClN2O2/c1-10-15(11(2)21-18-10)16(20)19-9-5-8-14(19)12-6-3-4-7-13(12)17/h3-4,6-7,14H,5,8-9H2,1-2H3/t14-/m1/s1. The molecule has 1 fully saturated rings. The van der Waals surface area contributed by atoms with Gasteiger partial charge in [0.05, 0.1) is 11.7 Å². The molecule has 1 amide bonds. The number of amides is 1. The van der Waals surface area contributed by atoms with E-state index in [-0.39, 0.29) is 11.9 Å². The Kier molecular flexibility index (Phi) is 3.72. The minimum Gasteiger partial charge on any atom is -0.361 e. The zero-order valence-electron chi connectivity index (χ0n) is 12.1. The van der Waals surface area contributed by atoms with Crippen molar-refractivity contribution in [2.45, 2.75) is 32.7 Å². The van der Waals surface area contributed by atoms with E-state index in [1.807, 2.05) is 29.2 Å². The highest BCUT2D eigenvalue weighted by Crippen LogP contribution is 2.37. The van der Waals surface area contributed by atoms with E-state index in [2.05, 4.69) is 5.16 Å². The third-order valence-corrected chi connectivity index (χ3v) is 4.37. The predicted molar refractivity (Wildman–Crippen MR) is 80.4 cm³/mol. The molecule has 4 nitrogen and oxygen atoms in total. The first-order chi connectivity index (χ1) is 10.1. The number of hydrogen-bond acceptors (Lipinski definition) is 3. The molecule has 0 unspecified atom stereocenters. The van der Waals surface area contributed by atoms with Crippen LogP contribution < -0.4 is 0 Å². The summed E-state index contributed by atoms with van der Waals surface area (Å²) in [5, 5.41) is 4.58. The van der Waals surface area contributed by atoms with E-state index < -0.39 is 0 Å². The van der Waals surface area contributed by atoms with Crippen molar-refractivity contribution in [2.75, 3.05) is 6.54 Å². The van der Waals surface area contributed by atoms with Crippen molar-refractivity contribution < 1.29 is 9.32 Å². The summed E-state index contributed by atoms with van der Waals surface area (Å²) in [5.74, 6) is 0.552. The van der Waals surface area contributed by atoms with Crippen molar-refractivity contribution in [1.29, 1.82) is 0 Å². The number of hydrogen-bond donors (Lipinski definition) is 0. The van der Waals surface area contributed by atoms with Crippen LogP contribution in [-0.4, -0.2) is 22.5 Å². The number of carbonyl (C=O) groups excluding carboxylic acids is 1. The number of rotatable bonds is 2. The van der Waals surface area contributed by atoms with E-state index in [0.29, 0.717) is 22.0 Å². The molecule has 0 bridgehead atoms. The Morgan fingerprint density at radius 1 is 1.38 bits per heavy atom. The molecule has 110 valence electrons. The summed E-state index contributed by atoms with van der Waals surface area (Å²) >= 11 is 6.29. The summed E-state index contributed by atoms with van der Waals surface area (Å²) in [5.41, 5.74) is 2.23. The topological polar surface area (TPSA) is 46.3 Å². The molecule has 21 heavy (non-hydrogen) atoms. The number of benzene rings is 1. The van der Waals surface area contributed by atoms with Crippen LogP contribution in [0.25, 0.3) is 0 Å². The maximum atomic E-state index is 12.8. The van der Waals surface area contributed by atoms with Gasteiger partial charge >= 0.3 is 0 Å². The summed E-state index contributed by atoms with van der Waals surface area (Å²) < 4.78 is 5.12. The number of aromatic nitrogens is 1. The molecule has 0 radical (unpaired) electrons. The monoisotopic (exact) mass is 304 g/mol. The summed E-state index contributed by atoms with van der Waals surface area (Å²) in [6.45, 7) is 4.30. The molecule has 1 saturated heterocycles. The second-order valence-corrected chi connectivity index (χ2v) is 5.78. The molecule has 0 spiro atoms. The van der Waals surface area contributed by atoms with Gasteiger partial charge in [0.25, 0.3) is 5.91 Å². The van der Waals surface area contributed by atoms with Crippen LogP contribution in [0.15, 0.2) is 28.8 Å². The Balaban J connectivity index is 1.95. The molecule has 0 N–H and O–H groups in total. The Labute approximate surface area is 128 Å². The summed E-state index contributed by atoms with van der Waals surface area (Å²) in [4.78, 5) is 14.7. The average molecular weight is 305 g/mol. The zero-order valence-corrected chi connectivity index (χ0v) is 12.9. The predicted octanol–water partition coefficient (Wildman–Crippen LogP) is 3.92. The Morgan fingerprint density at radius 3 is 2.81 bits per heavy atom. The third kappa shape index (κ3) is 2.44. The number of aryl methyl sites for hydroxylation is 2. The molecule has 1 aliphatic rings. The second kappa shape index (κ2) is 5.53. The minimum absolute atomic E-state index is 0.0198. The summed E-state index contributed by atoms with van der Waals surface area (Å²) in [7, 11) is 0. The Bertz CT molecular complexity index is 661. The van der Waals surface area contributed by atoms with Gasteiger partial charge in [0.15, 0.2) is 0 Å². The van der Waals surface area contributed by atoms with E-state index in [0.717, 1.165) is 24.9 Å². The maximum Gasteiger partial charge on any atom is 0.259 e. The third-order valence-electron chi connectivity index (χ3n) is 4.03. The van der Waals surface area contributed by atoms with Gasteiger partial charge < -0.3 is 9.42 Å². The number of carbonyl (C=O) groups is 1. The SMILES string of the molecule is Cc1noc(C)c1C(=O)N1CCC[C@@H]1c1ccccc1Cl. The molecule has 2 heterocycles. The lowest BCUT2D eigenvalue weighted by atomic mass is 10.0. The van der Waals surface area contributed by atoms with Crippen LogP contribution in [0.5, 0.6) is 0 Å². The van der Waals surface area contributed by atoms with Crippen LogP contribution in [0.3, 0.4) is 0 Å². The molecular weight excluding hydrogens is 288 g/mol. The fourth-order valence-corrected chi connectivity index (χ4v) is 3.27. The largest absolute Gasteiger partial charge is 0.361 e. The van der Waals surface area contributed by atoms with Crippen molar-refractivity contribution in [1.82, 2.24) is 10.1 Å². The van der Waals surface area contributed by atoms with Gasteiger partial charge in [-0.2, -0.15) is 0 Å². The number of halogens is 1. The van der Waals surface area contributed by atoms with E-state index in [1.54, 1.807) is 13.8 Å². The second-order valence-electron chi connectivity index (χ2n) is 5.38. The molecule has 3 rings (SSSR count). The van der Waals surface area contributed by atoms with Gasteiger partial charge in [-0.3, -0.25) is 4.79 Å². The summed E-state index contributed by atoms with van der Waals surface area (Å²) in [6.07, 6.45) is 1.91. The quantitative estimate of drug-likeness (QED) is 0.844. The van der Waals surface area contributed by atoms with Crippen LogP contribution in [0.1, 0.15) is 46.3 Å². The first kappa shape index (κ1) is 14.1. The van der Waals surface area contributed by atoms with E-state index >= 15 is 0 Å². The molecule has 1 aliphatic heterocycles. The number of nitrogens with zero attached hydrogens (tertiary/aromatic N) is 2. The average Bonchev–Trinajstić information content (AvgIpc) is 3.06. The van der Waals surface area contributed by atoms with Gasteiger partial charge in [-0.15, -0.1) is 0 Å². The first-order valence-electron chi connectivity index (χ1n) is 7.08. The Morgan fingerprint density at radius 2 is 2.14 bits per heavy atom. The first-order valence-corrected chi connectivity index (χ1v) is 7.45. The highest BCUT2D eigenvalue weighted by molar-refractivity contribution is 6.31. The lowest BCUT2D eigenvalue weighted by Crippen LogP contribution is -2.31. The molecule has 5 heteroatoms. The van der Waals surface area contributed by atoms with Crippen molar-refractivity contribution >= 4 is 17.5 Å². The molecule has 1 atom stereocenters. The van der Waals surface area contributed by atoms with Crippen LogP contribution in [0, 0.1) is 13.8 Å². The highest BCUT2D eigenvalue weighted by Gasteiger charge is 2.34. The van der Waals surface area contributed by atoms with Gasteiger partial charge in [-0.05, 0) is 38.3 Å². The summed E-state index contributed by atoms with van der Waals surface area (Å²) in [6, 6.07) is 7.75. The van der Waals surface area contributed by atoms with E-state index in [9.17, 15) is 4.79 Å². The van der Waals surface area contributed by atoms with Gasteiger partial charge in [0.1, 0.15) is 11.3 Å². The van der Waals surface area contributed by atoms with Gasteiger partial charge in [0.2, 0.25) is 0 Å². The van der Waals surface area contributed by atoms with Crippen molar-refractivity contribution in [3.63, 3.8) is 0 Å². The Hall–Kier alpha value is -1.81. The van der Waals surface area contributed by atoms with E-state index in [1.165, 1.54) is 0 Å². The normalized spacial score (nSPS) is 18.2. The van der Waals surface area contributed by atoms with Gasteiger partial charge in [-0.1, -0.05) is 35.0 Å². The highest BCUT2D eigenvalue weighted by atomic mass is 35.5. The fourth-order valence-electron chi connectivity index (χ4n) is 3.01. The van der Waals surface area contributed by atoms with Gasteiger partial charge in [0, 0.05) is 11.6 Å². The van der Waals surface area contributed by atoms with Crippen LogP contribution in [0.4, 0.5) is 0 Å². The van der Waals surface area contributed by atoms with E-state index in [4.69, 9.17) is 16.1 Å². The lowest BCUT2D eigenvalue weighted by Gasteiger charge is -2.25. The van der Waals surface area contributed by atoms with Crippen molar-refractivity contribution in [2.24, 2.45) is 0 Å². The van der Waals surface area contributed by atoms with Gasteiger partial charge in [-0.25, -0.2) is 0 Å². The molecule has 0 aliphatic carbocycles. The van der Waals surface area contributed by atoms with Crippen molar-refractivity contribution in [3.05, 3.63) is 51.9 Å². The zero-order chi connectivity index (χ0) is 15.0. The van der Waals surface area contributed by atoms with Crippen LogP contribution in [-0.2, 0) is 0 Å². The molecule has 1 aromatic carbocycles. The smallest absolute Gasteiger partial charge is 0.259 e. The minimum atomic E-state index is -0.0198. The van der Waals surface area contributed by atoms with Crippen LogP contribution >= 0.6 is 11.6 Å². The van der Waals surface area contributed by atoms with Crippen LogP contribution in [0.2, 0.25) is 5.02 Å². The fraction of sp³-hybridized carbons (Fsp3) is 0.375. The lowest BCUT2D eigenvalue weighted by molar-refractivity contribution is 0.0733. The molecule has 1 aromatic heterocycles. The molecule has 0 saturated carbocycles. The molecular formula is C16H17ClN2O2. The maximum absolute atomic E-state index is 12.8. The molecule has 2 aromatic rings.